The topological polar surface area (TPSA) is 70.2 Å². The third kappa shape index (κ3) is 3.52. The Hall–Kier alpha value is -2.18. The van der Waals surface area contributed by atoms with Crippen LogP contribution < -0.4 is 5.32 Å². The largest absolute Gasteiger partial charge is 0.366 e. The quantitative estimate of drug-likeness (QED) is 0.899. The minimum atomic E-state index is -0.458. The minimum absolute atomic E-state index is 0.134. The first-order valence-electron chi connectivity index (χ1n) is 7.41. The van der Waals surface area contributed by atoms with E-state index in [9.17, 15) is 4.79 Å². The van der Waals surface area contributed by atoms with Gasteiger partial charge >= 0.3 is 0 Å². The molecule has 0 radical (unpaired) electrons. The number of carbonyl (C=O) groups excluding carboxylic acids is 1. The van der Waals surface area contributed by atoms with Gasteiger partial charge < -0.3 is 10.1 Å². The maximum Gasteiger partial charge on any atom is 0.255 e. The van der Waals surface area contributed by atoms with Crippen LogP contribution in [0.4, 0.5) is 5.82 Å². The first-order chi connectivity index (χ1) is 10.7. The van der Waals surface area contributed by atoms with E-state index in [1.54, 1.807) is 6.20 Å². The van der Waals surface area contributed by atoms with Crippen LogP contribution in [0.15, 0.2) is 36.5 Å². The average Bonchev–Trinajstić information content (AvgIpc) is 2.94. The number of hydrogen-bond donors (Lipinski definition) is 2. The van der Waals surface area contributed by atoms with Crippen molar-refractivity contribution >= 4 is 11.7 Å². The molecule has 6 nitrogen and oxygen atoms in total. The molecule has 1 aliphatic heterocycles. The lowest BCUT2D eigenvalue weighted by Crippen LogP contribution is -2.47. The molecule has 0 aliphatic carbocycles. The highest BCUT2D eigenvalue weighted by Gasteiger charge is 2.27. The first-order valence-corrected chi connectivity index (χ1v) is 7.41. The first kappa shape index (κ1) is 14.7. The number of carbonyl (C=O) groups is 1. The van der Waals surface area contributed by atoms with Crippen LogP contribution in [-0.2, 0) is 16.1 Å². The summed E-state index contributed by atoms with van der Waals surface area (Å²) >= 11 is 0. The molecule has 2 N–H and O–H groups in total. The SMILES string of the molecule is Cc1cn[nH]c1NC(=O)C1CN(Cc2ccccc2)CCO1. The van der Waals surface area contributed by atoms with E-state index in [0.29, 0.717) is 19.0 Å². The summed E-state index contributed by atoms with van der Waals surface area (Å²) in [6.45, 7) is 4.71. The van der Waals surface area contributed by atoms with Gasteiger partial charge in [-0.1, -0.05) is 30.3 Å². The molecule has 1 fully saturated rings. The Labute approximate surface area is 129 Å². The van der Waals surface area contributed by atoms with Gasteiger partial charge in [0.25, 0.3) is 5.91 Å². The van der Waals surface area contributed by atoms with Crippen LogP contribution >= 0.6 is 0 Å². The fourth-order valence-electron chi connectivity index (χ4n) is 2.52. The Morgan fingerprint density at radius 2 is 2.27 bits per heavy atom. The molecular weight excluding hydrogens is 280 g/mol. The lowest BCUT2D eigenvalue weighted by Gasteiger charge is -2.32. The number of aryl methyl sites for hydroxylation is 1. The predicted molar refractivity (Wildman–Crippen MR) is 83.4 cm³/mol. The van der Waals surface area contributed by atoms with Crippen LogP contribution in [0.1, 0.15) is 11.1 Å². The van der Waals surface area contributed by atoms with Crippen LogP contribution in [0.5, 0.6) is 0 Å². The van der Waals surface area contributed by atoms with Gasteiger partial charge in [0, 0.05) is 25.2 Å². The summed E-state index contributed by atoms with van der Waals surface area (Å²) in [5, 5.41) is 9.51. The van der Waals surface area contributed by atoms with E-state index in [4.69, 9.17) is 4.74 Å². The van der Waals surface area contributed by atoms with Crippen LogP contribution in [0.25, 0.3) is 0 Å². The van der Waals surface area contributed by atoms with E-state index < -0.39 is 6.10 Å². The van der Waals surface area contributed by atoms with E-state index in [0.717, 1.165) is 18.7 Å². The average molecular weight is 300 g/mol. The van der Waals surface area contributed by atoms with Gasteiger partial charge in [0.1, 0.15) is 11.9 Å². The smallest absolute Gasteiger partial charge is 0.255 e. The number of anilines is 1. The normalized spacial score (nSPS) is 19.0. The van der Waals surface area contributed by atoms with Gasteiger partial charge in [-0.3, -0.25) is 14.8 Å². The number of hydrogen-bond acceptors (Lipinski definition) is 4. The van der Waals surface area contributed by atoms with Crippen molar-refractivity contribution in [2.24, 2.45) is 0 Å². The Kier molecular flexibility index (Phi) is 4.50. The van der Waals surface area contributed by atoms with Gasteiger partial charge in [0.15, 0.2) is 0 Å². The summed E-state index contributed by atoms with van der Waals surface area (Å²) in [6.07, 6.45) is 1.22. The van der Waals surface area contributed by atoms with Crippen molar-refractivity contribution in [2.75, 3.05) is 25.0 Å². The number of nitrogens with one attached hydrogen (secondary N) is 2. The van der Waals surface area contributed by atoms with Gasteiger partial charge in [-0.2, -0.15) is 5.10 Å². The lowest BCUT2D eigenvalue weighted by molar-refractivity contribution is -0.133. The number of morpholine rings is 1. The summed E-state index contributed by atoms with van der Waals surface area (Å²) in [5.74, 6) is 0.499. The van der Waals surface area contributed by atoms with Crippen LogP contribution in [0.3, 0.4) is 0 Å². The van der Waals surface area contributed by atoms with E-state index in [1.807, 2.05) is 25.1 Å². The van der Waals surface area contributed by atoms with Crippen LogP contribution in [-0.4, -0.2) is 46.8 Å². The number of nitrogens with zero attached hydrogens (tertiary/aromatic N) is 2. The number of benzene rings is 1. The molecule has 3 rings (SSSR count). The molecule has 1 aromatic heterocycles. The van der Waals surface area contributed by atoms with Crippen LogP contribution in [0.2, 0.25) is 0 Å². The molecule has 1 aliphatic rings. The van der Waals surface area contributed by atoms with Gasteiger partial charge in [0.05, 0.1) is 12.8 Å². The maximum atomic E-state index is 12.3. The molecule has 2 aromatic rings. The Bertz CT molecular complexity index is 626. The van der Waals surface area contributed by atoms with Crippen molar-refractivity contribution in [3.8, 4) is 0 Å². The molecule has 2 heterocycles. The fourth-order valence-corrected chi connectivity index (χ4v) is 2.52. The van der Waals surface area contributed by atoms with E-state index in [2.05, 4.69) is 32.5 Å². The molecule has 22 heavy (non-hydrogen) atoms. The zero-order valence-electron chi connectivity index (χ0n) is 12.6. The van der Waals surface area contributed by atoms with Crippen molar-refractivity contribution in [2.45, 2.75) is 19.6 Å². The second-order valence-electron chi connectivity index (χ2n) is 5.50. The van der Waals surface area contributed by atoms with Crippen molar-refractivity contribution in [3.63, 3.8) is 0 Å². The number of rotatable bonds is 4. The zero-order valence-corrected chi connectivity index (χ0v) is 12.6. The van der Waals surface area contributed by atoms with Crippen molar-refractivity contribution < 1.29 is 9.53 Å². The molecule has 0 spiro atoms. The Balaban J connectivity index is 1.58. The highest BCUT2D eigenvalue weighted by Crippen LogP contribution is 2.14. The molecule has 1 unspecified atom stereocenters. The van der Waals surface area contributed by atoms with Crippen molar-refractivity contribution in [3.05, 3.63) is 47.7 Å². The molecule has 0 saturated carbocycles. The maximum absolute atomic E-state index is 12.3. The summed E-state index contributed by atoms with van der Waals surface area (Å²) in [7, 11) is 0. The van der Waals surface area contributed by atoms with E-state index in [-0.39, 0.29) is 5.91 Å². The molecular formula is C16H20N4O2. The van der Waals surface area contributed by atoms with Crippen LogP contribution in [0, 0.1) is 6.92 Å². The number of H-pyrrole nitrogens is 1. The highest BCUT2D eigenvalue weighted by atomic mass is 16.5. The molecule has 1 aromatic carbocycles. The molecule has 116 valence electrons. The lowest BCUT2D eigenvalue weighted by atomic mass is 10.2. The van der Waals surface area contributed by atoms with Gasteiger partial charge in [-0.05, 0) is 12.5 Å². The molecule has 1 amide bonds. The van der Waals surface area contributed by atoms with Gasteiger partial charge in [-0.25, -0.2) is 0 Å². The number of amides is 1. The second kappa shape index (κ2) is 6.72. The Morgan fingerprint density at radius 3 is 3.00 bits per heavy atom. The molecule has 1 saturated heterocycles. The number of ether oxygens (including phenoxy) is 1. The summed E-state index contributed by atoms with van der Waals surface area (Å²) in [5.41, 5.74) is 2.15. The second-order valence-corrected chi connectivity index (χ2v) is 5.50. The van der Waals surface area contributed by atoms with E-state index in [1.165, 1.54) is 5.56 Å². The number of aromatic nitrogens is 2. The third-order valence-corrected chi connectivity index (χ3v) is 3.77. The van der Waals surface area contributed by atoms with E-state index >= 15 is 0 Å². The fraction of sp³-hybridized carbons (Fsp3) is 0.375. The van der Waals surface area contributed by atoms with Crippen molar-refractivity contribution in [1.29, 1.82) is 0 Å². The molecule has 0 bridgehead atoms. The summed E-state index contributed by atoms with van der Waals surface area (Å²) in [6, 6.07) is 10.3. The summed E-state index contributed by atoms with van der Waals surface area (Å²) < 4.78 is 5.61. The standard InChI is InChI=1S/C16H20N4O2/c1-12-9-17-19-15(12)18-16(21)14-11-20(7-8-22-14)10-13-5-3-2-4-6-13/h2-6,9,14H,7-8,10-11H2,1H3,(H2,17,18,19,21). The van der Waals surface area contributed by atoms with Gasteiger partial charge in [-0.15, -0.1) is 0 Å². The predicted octanol–water partition coefficient (Wildman–Crippen LogP) is 1.56. The minimum Gasteiger partial charge on any atom is -0.366 e. The molecule has 6 heteroatoms. The Morgan fingerprint density at radius 1 is 1.45 bits per heavy atom. The van der Waals surface area contributed by atoms with Crippen molar-refractivity contribution in [1.82, 2.24) is 15.1 Å². The molecule has 1 atom stereocenters. The summed E-state index contributed by atoms with van der Waals surface area (Å²) in [4.78, 5) is 14.5. The third-order valence-electron chi connectivity index (χ3n) is 3.77. The van der Waals surface area contributed by atoms with Gasteiger partial charge in [0.2, 0.25) is 0 Å². The zero-order chi connectivity index (χ0) is 15.4. The highest BCUT2D eigenvalue weighted by molar-refractivity contribution is 5.94. The monoisotopic (exact) mass is 300 g/mol. The number of aromatic amines is 1.